The lowest BCUT2D eigenvalue weighted by Gasteiger charge is -2.23. The van der Waals surface area contributed by atoms with Crippen molar-refractivity contribution in [1.29, 1.82) is 0 Å². The first kappa shape index (κ1) is 13.7. The molecule has 0 radical (unpaired) electrons. The smallest absolute Gasteiger partial charge is 0.295 e. The molecule has 1 atom stereocenters. The van der Waals surface area contributed by atoms with E-state index in [1.165, 1.54) is 12.3 Å². The molecule has 1 aromatic heterocycles. The molecule has 0 saturated carbocycles. The second-order valence-corrected chi connectivity index (χ2v) is 4.75. The first-order chi connectivity index (χ1) is 10.3. The number of rotatable bonds is 4. The minimum Gasteiger partial charge on any atom is -0.490 e. The quantitative estimate of drug-likeness (QED) is 0.678. The number of para-hydroxylation sites is 1. The number of nitrogens with one attached hydrogen (secondary N) is 1. The molecule has 7 nitrogen and oxygen atoms in total. The number of hydrogen-bond donors (Lipinski definition) is 1. The molecule has 1 unspecified atom stereocenters. The van der Waals surface area contributed by atoms with Gasteiger partial charge in [-0.15, -0.1) is 0 Å². The molecule has 0 aliphatic carbocycles. The molecule has 110 valence electrons. The van der Waals surface area contributed by atoms with Crippen LogP contribution in [0.15, 0.2) is 30.5 Å². The molecule has 0 bridgehead atoms. The summed E-state index contributed by atoms with van der Waals surface area (Å²) >= 11 is 0. The average Bonchev–Trinajstić information content (AvgIpc) is 2.53. The van der Waals surface area contributed by atoms with Gasteiger partial charge in [0, 0.05) is 30.7 Å². The van der Waals surface area contributed by atoms with Gasteiger partial charge in [0.2, 0.25) is 0 Å². The summed E-state index contributed by atoms with van der Waals surface area (Å²) in [6.45, 7) is 2.65. The van der Waals surface area contributed by atoms with Crippen molar-refractivity contribution in [2.24, 2.45) is 0 Å². The van der Waals surface area contributed by atoms with Crippen LogP contribution in [0.5, 0.6) is 5.75 Å². The molecule has 1 fully saturated rings. The van der Waals surface area contributed by atoms with Gasteiger partial charge in [-0.25, -0.2) is 4.98 Å². The van der Waals surface area contributed by atoms with Crippen molar-refractivity contribution in [2.45, 2.75) is 6.10 Å². The van der Waals surface area contributed by atoms with E-state index in [2.05, 4.69) is 10.3 Å². The van der Waals surface area contributed by atoms with Crippen molar-refractivity contribution in [1.82, 2.24) is 10.3 Å². The average molecular weight is 289 g/mol. The van der Waals surface area contributed by atoms with Gasteiger partial charge < -0.3 is 14.8 Å². The monoisotopic (exact) mass is 289 g/mol. The third-order valence-corrected chi connectivity index (χ3v) is 3.34. The van der Waals surface area contributed by atoms with E-state index in [-0.39, 0.29) is 11.8 Å². The molecule has 1 N–H and O–H groups in total. The number of pyridine rings is 1. The largest absolute Gasteiger partial charge is 0.490 e. The van der Waals surface area contributed by atoms with Crippen LogP contribution in [0, 0.1) is 10.1 Å². The zero-order valence-corrected chi connectivity index (χ0v) is 11.3. The molecule has 1 aliphatic heterocycles. The predicted octanol–water partition coefficient (Wildman–Crippen LogP) is 1.51. The molecule has 2 heterocycles. The lowest BCUT2D eigenvalue weighted by atomic mass is 10.2. The van der Waals surface area contributed by atoms with Gasteiger partial charge in [-0.05, 0) is 12.1 Å². The number of aromatic nitrogens is 1. The van der Waals surface area contributed by atoms with E-state index in [4.69, 9.17) is 9.47 Å². The third kappa shape index (κ3) is 2.93. The van der Waals surface area contributed by atoms with Gasteiger partial charge in [0.15, 0.2) is 5.52 Å². The maximum atomic E-state index is 11.0. The van der Waals surface area contributed by atoms with Crippen molar-refractivity contribution in [3.8, 4) is 5.75 Å². The van der Waals surface area contributed by atoms with Crippen LogP contribution in [0.1, 0.15) is 0 Å². The highest BCUT2D eigenvalue weighted by Gasteiger charge is 2.17. The Kier molecular flexibility index (Phi) is 3.94. The number of fused-ring (bicyclic) bond motifs is 1. The van der Waals surface area contributed by atoms with E-state index in [1.54, 1.807) is 18.2 Å². The maximum Gasteiger partial charge on any atom is 0.295 e. The number of nitro benzene ring substituents is 1. The molecule has 21 heavy (non-hydrogen) atoms. The minimum atomic E-state index is -0.437. The second kappa shape index (κ2) is 6.02. The molecule has 1 saturated heterocycles. The lowest BCUT2D eigenvalue weighted by Crippen LogP contribution is -2.41. The molecular weight excluding hydrogens is 274 g/mol. The van der Waals surface area contributed by atoms with Gasteiger partial charge >= 0.3 is 0 Å². The van der Waals surface area contributed by atoms with Crippen LogP contribution in [0.4, 0.5) is 5.69 Å². The van der Waals surface area contributed by atoms with Gasteiger partial charge in [-0.3, -0.25) is 10.1 Å². The van der Waals surface area contributed by atoms with Crippen molar-refractivity contribution in [3.63, 3.8) is 0 Å². The summed E-state index contributed by atoms with van der Waals surface area (Å²) in [5.74, 6) is 0.581. The number of nitro groups is 1. The molecule has 0 spiro atoms. The van der Waals surface area contributed by atoms with Crippen LogP contribution in [0.2, 0.25) is 0 Å². The van der Waals surface area contributed by atoms with Crippen LogP contribution in [0.3, 0.4) is 0 Å². The maximum absolute atomic E-state index is 11.0. The van der Waals surface area contributed by atoms with Crippen LogP contribution < -0.4 is 10.1 Å². The summed E-state index contributed by atoms with van der Waals surface area (Å²) < 4.78 is 11.3. The van der Waals surface area contributed by atoms with Crippen LogP contribution >= 0.6 is 0 Å². The van der Waals surface area contributed by atoms with Gasteiger partial charge in [-0.2, -0.15) is 0 Å². The van der Waals surface area contributed by atoms with Crippen LogP contribution in [-0.4, -0.2) is 42.3 Å². The van der Waals surface area contributed by atoms with Crippen molar-refractivity contribution in [2.75, 3.05) is 26.3 Å². The summed E-state index contributed by atoms with van der Waals surface area (Å²) in [7, 11) is 0. The fraction of sp³-hybridized carbons (Fsp3) is 0.357. The Morgan fingerprint density at radius 1 is 1.48 bits per heavy atom. The van der Waals surface area contributed by atoms with Gasteiger partial charge in [0.1, 0.15) is 18.5 Å². The number of hydrogen-bond acceptors (Lipinski definition) is 6. The summed E-state index contributed by atoms with van der Waals surface area (Å²) in [6, 6.07) is 6.55. The molecule has 7 heteroatoms. The minimum absolute atomic E-state index is 0.0133. The van der Waals surface area contributed by atoms with E-state index in [9.17, 15) is 10.1 Å². The van der Waals surface area contributed by atoms with Crippen LogP contribution in [0.25, 0.3) is 10.9 Å². The Balaban J connectivity index is 1.85. The Labute approximate surface area is 121 Å². The zero-order valence-electron chi connectivity index (χ0n) is 11.3. The molecule has 1 aliphatic rings. The highest BCUT2D eigenvalue weighted by molar-refractivity contribution is 5.91. The lowest BCUT2D eigenvalue weighted by molar-refractivity contribution is -0.383. The zero-order chi connectivity index (χ0) is 14.7. The standard InChI is InChI=1S/C14H15N3O4/c18-17(19)12-3-1-2-11-13(4-5-16-14(11)12)21-9-10-8-15-6-7-20-10/h1-5,10,15H,6-9H2. The van der Waals surface area contributed by atoms with Crippen LogP contribution in [-0.2, 0) is 4.74 Å². The Morgan fingerprint density at radius 3 is 3.14 bits per heavy atom. The van der Waals surface area contributed by atoms with E-state index in [1.807, 2.05) is 0 Å². The number of nitrogens with zero attached hydrogens (tertiary/aromatic N) is 2. The Bertz CT molecular complexity index is 656. The number of benzene rings is 1. The van der Waals surface area contributed by atoms with Crippen molar-refractivity contribution in [3.05, 3.63) is 40.6 Å². The predicted molar refractivity (Wildman–Crippen MR) is 76.5 cm³/mol. The van der Waals surface area contributed by atoms with E-state index in [0.717, 1.165) is 13.1 Å². The fourth-order valence-corrected chi connectivity index (χ4v) is 2.32. The number of morpholine rings is 1. The number of ether oxygens (including phenoxy) is 2. The molecular formula is C14H15N3O4. The summed E-state index contributed by atoms with van der Waals surface area (Å²) in [6.07, 6.45) is 1.51. The van der Waals surface area contributed by atoms with Crippen molar-refractivity contribution < 1.29 is 14.4 Å². The third-order valence-electron chi connectivity index (χ3n) is 3.34. The topological polar surface area (TPSA) is 86.5 Å². The highest BCUT2D eigenvalue weighted by atomic mass is 16.6. The first-order valence-electron chi connectivity index (χ1n) is 6.73. The second-order valence-electron chi connectivity index (χ2n) is 4.75. The van der Waals surface area contributed by atoms with E-state index in [0.29, 0.717) is 29.9 Å². The van der Waals surface area contributed by atoms with Gasteiger partial charge in [-0.1, -0.05) is 6.07 Å². The molecule has 2 aromatic rings. The summed E-state index contributed by atoms with van der Waals surface area (Å²) in [5, 5.41) is 14.9. The SMILES string of the molecule is O=[N+]([O-])c1cccc2c(OCC3CNCCO3)ccnc12. The Morgan fingerprint density at radius 2 is 2.38 bits per heavy atom. The summed E-state index contributed by atoms with van der Waals surface area (Å²) in [5.41, 5.74) is 0.316. The van der Waals surface area contributed by atoms with Gasteiger partial charge in [0.25, 0.3) is 5.69 Å². The van der Waals surface area contributed by atoms with E-state index < -0.39 is 4.92 Å². The molecule has 3 rings (SSSR count). The molecule has 0 amide bonds. The van der Waals surface area contributed by atoms with Gasteiger partial charge in [0.05, 0.1) is 11.5 Å². The van der Waals surface area contributed by atoms with Crippen molar-refractivity contribution >= 4 is 16.6 Å². The summed E-state index contributed by atoms with van der Waals surface area (Å²) in [4.78, 5) is 14.7. The fourth-order valence-electron chi connectivity index (χ4n) is 2.32. The molecule has 1 aromatic carbocycles. The highest BCUT2D eigenvalue weighted by Crippen LogP contribution is 2.30. The van der Waals surface area contributed by atoms with E-state index >= 15 is 0 Å². The number of non-ortho nitro benzene ring substituents is 1. The normalized spacial score (nSPS) is 18.6. The first-order valence-corrected chi connectivity index (χ1v) is 6.73. The Hall–Kier alpha value is -2.25.